The highest BCUT2D eigenvalue weighted by atomic mass is 17.1. The van der Waals surface area contributed by atoms with Gasteiger partial charge in [0.15, 0.2) is 0 Å². The number of carboxylic acid groups (broad SMARTS) is 1. The van der Waals surface area contributed by atoms with E-state index in [1.807, 2.05) is 18.2 Å². The lowest BCUT2D eigenvalue weighted by Gasteiger charge is -2.08. The van der Waals surface area contributed by atoms with Gasteiger partial charge in [0.05, 0.1) is 0 Å². The number of carbonyl (C=O) groups is 1. The SMILES string of the molecule is CC/C=C\C/C=C\C=CC(CCCCCCCC(=O)O)OO. The summed E-state index contributed by atoms with van der Waals surface area (Å²) in [6.45, 7) is 2.11. The second-order valence-electron chi connectivity index (χ2n) is 5.27. The molecule has 0 aromatic carbocycles. The Hall–Kier alpha value is -1.39. The fourth-order valence-corrected chi connectivity index (χ4v) is 2.02. The van der Waals surface area contributed by atoms with Crippen LogP contribution in [0.4, 0.5) is 0 Å². The normalized spacial score (nSPS) is 13.5. The average molecular weight is 310 g/mol. The fourth-order valence-electron chi connectivity index (χ4n) is 2.02. The van der Waals surface area contributed by atoms with Gasteiger partial charge in [-0.25, -0.2) is 4.89 Å². The maximum Gasteiger partial charge on any atom is 0.303 e. The first-order valence-electron chi connectivity index (χ1n) is 8.21. The molecule has 0 spiro atoms. The third-order valence-corrected chi connectivity index (χ3v) is 3.26. The van der Waals surface area contributed by atoms with Gasteiger partial charge in [-0.05, 0) is 25.7 Å². The van der Waals surface area contributed by atoms with Gasteiger partial charge in [0.25, 0.3) is 0 Å². The van der Waals surface area contributed by atoms with E-state index in [0.29, 0.717) is 0 Å². The van der Waals surface area contributed by atoms with Crippen LogP contribution in [0.2, 0.25) is 0 Å². The highest BCUT2D eigenvalue weighted by molar-refractivity contribution is 5.66. The fraction of sp³-hybridized carbons (Fsp3) is 0.611. The van der Waals surface area contributed by atoms with Gasteiger partial charge in [0, 0.05) is 6.42 Å². The Kier molecular flexibility index (Phi) is 15.0. The number of carboxylic acids is 1. The zero-order chi connectivity index (χ0) is 16.5. The van der Waals surface area contributed by atoms with Crippen molar-refractivity contribution in [3.8, 4) is 0 Å². The summed E-state index contributed by atoms with van der Waals surface area (Å²) in [5.74, 6) is -0.725. The molecule has 1 atom stereocenters. The highest BCUT2D eigenvalue weighted by Crippen LogP contribution is 2.11. The van der Waals surface area contributed by atoms with E-state index in [1.54, 1.807) is 0 Å². The molecule has 0 rings (SSSR count). The zero-order valence-corrected chi connectivity index (χ0v) is 13.6. The summed E-state index contributed by atoms with van der Waals surface area (Å²) in [6.07, 6.45) is 19.5. The van der Waals surface area contributed by atoms with Crippen molar-refractivity contribution >= 4 is 5.97 Å². The first-order valence-corrected chi connectivity index (χ1v) is 8.21. The maximum absolute atomic E-state index is 10.4. The summed E-state index contributed by atoms with van der Waals surface area (Å²) in [7, 11) is 0. The van der Waals surface area contributed by atoms with Crippen molar-refractivity contribution in [1.29, 1.82) is 0 Å². The Balaban J connectivity index is 3.65. The summed E-state index contributed by atoms with van der Waals surface area (Å²) in [4.78, 5) is 14.8. The van der Waals surface area contributed by atoms with Gasteiger partial charge in [-0.15, -0.1) is 0 Å². The van der Waals surface area contributed by atoms with E-state index < -0.39 is 5.97 Å². The van der Waals surface area contributed by atoms with E-state index in [-0.39, 0.29) is 12.5 Å². The summed E-state index contributed by atoms with van der Waals surface area (Å²) >= 11 is 0. The van der Waals surface area contributed by atoms with Crippen LogP contribution in [0.1, 0.15) is 64.7 Å². The lowest BCUT2D eigenvalue weighted by atomic mass is 10.1. The number of rotatable bonds is 14. The standard InChI is InChI=1S/C18H30O4/c1-2-3-4-5-6-8-11-14-17(22-21)15-12-9-7-10-13-16-18(19)20/h3-4,6,8,11,14,17,21H,2,5,7,9-10,12-13,15-16H2,1H3,(H,19,20)/b4-3-,8-6-,14-11?. The minimum Gasteiger partial charge on any atom is -0.481 e. The number of aliphatic carboxylic acids is 1. The van der Waals surface area contributed by atoms with Gasteiger partial charge in [-0.3, -0.25) is 10.1 Å². The molecule has 0 aliphatic heterocycles. The van der Waals surface area contributed by atoms with Crippen LogP contribution in [-0.2, 0) is 9.68 Å². The number of unbranched alkanes of at least 4 members (excludes halogenated alkanes) is 4. The number of allylic oxidation sites excluding steroid dienone is 5. The van der Waals surface area contributed by atoms with Crippen molar-refractivity contribution in [2.75, 3.05) is 0 Å². The molecule has 4 nitrogen and oxygen atoms in total. The Bertz CT molecular complexity index is 345. The monoisotopic (exact) mass is 310 g/mol. The van der Waals surface area contributed by atoms with E-state index in [2.05, 4.69) is 30.0 Å². The Morgan fingerprint density at radius 2 is 1.77 bits per heavy atom. The Morgan fingerprint density at radius 3 is 2.45 bits per heavy atom. The molecule has 0 aliphatic carbocycles. The van der Waals surface area contributed by atoms with Crippen LogP contribution in [0.25, 0.3) is 0 Å². The lowest BCUT2D eigenvalue weighted by Crippen LogP contribution is -2.06. The molecule has 2 N–H and O–H groups in total. The van der Waals surface area contributed by atoms with Gasteiger partial charge >= 0.3 is 5.97 Å². The van der Waals surface area contributed by atoms with Crippen LogP contribution in [0.3, 0.4) is 0 Å². The quantitative estimate of drug-likeness (QED) is 0.153. The van der Waals surface area contributed by atoms with Crippen LogP contribution in [0.15, 0.2) is 36.5 Å². The molecule has 0 heterocycles. The van der Waals surface area contributed by atoms with Crippen molar-refractivity contribution in [2.45, 2.75) is 70.8 Å². The maximum atomic E-state index is 10.4. The molecule has 0 aromatic heterocycles. The van der Waals surface area contributed by atoms with Crippen molar-refractivity contribution in [2.24, 2.45) is 0 Å². The molecule has 0 aromatic rings. The topological polar surface area (TPSA) is 66.8 Å². The molecule has 0 fully saturated rings. The van der Waals surface area contributed by atoms with Crippen LogP contribution < -0.4 is 0 Å². The minimum atomic E-state index is -0.725. The van der Waals surface area contributed by atoms with Crippen molar-refractivity contribution in [1.82, 2.24) is 0 Å². The predicted octanol–water partition coefficient (Wildman–Crippen LogP) is 5.13. The minimum absolute atomic E-state index is 0.255. The van der Waals surface area contributed by atoms with Crippen molar-refractivity contribution in [3.63, 3.8) is 0 Å². The van der Waals surface area contributed by atoms with E-state index in [0.717, 1.165) is 51.4 Å². The van der Waals surface area contributed by atoms with Gasteiger partial charge in [-0.1, -0.05) is 69.1 Å². The molecule has 0 radical (unpaired) electrons. The molecule has 1 unspecified atom stereocenters. The van der Waals surface area contributed by atoms with Gasteiger partial charge in [0.2, 0.25) is 0 Å². The summed E-state index contributed by atoms with van der Waals surface area (Å²) < 4.78 is 0. The molecular weight excluding hydrogens is 280 g/mol. The smallest absolute Gasteiger partial charge is 0.303 e. The number of hydrogen-bond acceptors (Lipinski definition) is 3. The third kappa shape index (κ3) is 15.0. The zero-order valence-electron chi connectivity index (χ0n) is 13.6. The lowest BCUT2D eigenvalue weighted by molar-refractivity contribution is -0.267. The van der Waals surface area contributed by atoms with Crippen LogP contribution in [0.5, 0.6) is 0 Å². The van der Waals surface area contributed by atoms with Crippen molar-refractivity contribution in [3.05, 3.63) is 36.5 Å². The van der Waals surface area contributed by atoms with Crippen molar-refractivity contribution < 1.29 is 20.0 Å². The molecule has 0 aliphatic rings. The third-order valence-electron chi connectivity index (χ3n) is 3.26. The van der Waals surface area contributed by atoms with Crippen LogP contribution in [-0.4, -0.2) is 22.4 Å². The number of hydrogen-bond donors (Lipinski definition) is 2. The Labute approximate surface area is 134 Å². The molecule has 0 bridgehead atoms. The van der Waals surface area contributed by atoms with E-state index in [9.17, 15) is 4.79 Å². The van der Waals surface area contributed by atoms with Gasteiger partial charge in [0.1, 0.15) is 6.10 Å². The molecule has 4 heteroatoms. The summed E-state index contributed by atoms with van der Waals surface area (Å²) in [5, 5.41) is 17.4. The summed E-state index contributed by atoms with van der Waals surface area (Å²) in [5.41, 5.74) is 0. The molecule has 0 saturated heterocycles. The molecule has 126 valence electrons. The molecule has 0 amide bonds. The van der Waals surface area contributed by atoms with E-state index >= 15 is 0 Å². The largest absolute Gasteiger partial charge is 0.481 e. The van der Waals surface area contributed by atoms with Gasteiger partial charge in [-0.2, -0.15) is 0 Å². The predicted molar refractivity (Wildman–Crippen MR) is 89.8 cm³/mol. The van der Waals surface area contributed by atoms with E-state index in [1.165, 1.54) is 0 Å². The van der Waals surface area contributed by atoms with Crippen LogP contribution in [0, 0.1) is 0 Å². The Morgan fingerprint density at radius 1 is 1.05 bits per heavy atom. The average Bonchev–Trinajstić information content (AvgIpc) is 2.50. The van der Waals surface area contributed by atoms with Gasteiger partial charge < -0.3 is 5.11 Å². The second-order valence-corrected chi connectivity index (χ2v) is 5.27. The van der Waals surface area contributed by atoms with E-state index in [4.69, 9.17) is 10.4 Å². The molecular formula is C18H30O4. The first kappa shape index (κ1) is 20.6. The highest BCUT2D eigenvalue weighted by Gasteiger charge is 2.03. The molecule has 22 heavy (non-hydrogen) atoms. The summed E-state index contributed by atoms with van der Waals surface area (Å²) in [6, 6.07) is 0. The molecule has 0 saturated carbocycles. The first-order chi connectivity index (χ1) is 10.7. The second kappa shape index (κ2) is 16.0. The van der Waals surface area contributed by atoms with Crippen LogP contribution >= 0.6 is 0 Å².